The molecule has 0 aliphatic rings. The summed E-state index contributed by atoms with van der Waals surface area (Å²) in [6.07, 6.45) is -9.60. The minimum atomic E-state index is -4.80. The molecule has 128 valence electrons. The van der Waals surface area contributed by atoms with E-state index in [1.807, 2.05) is 0 Å². The van der Waals surface area contributed by atoms with E-state index in [1.54, 1.807) is 0 Å². The van der Waals surface area contributed by atoms with Crippen molar-refractivity contribution in [3.05, 3.63) is 68.7 Å². The normalized spacial score (nSPS) is 12.3. The molecule has 0 atom stereocenters. The van der Waals surface area contributed by atoms with Crippen LogP contribution in [0, 0.1) is 0 Å². The molecule has 0 amide bonds. The van der Waals surface area contributed by atoms with Gasteiger partial charge in [0.25, 0.3) is 0 Å². The third kappa shape index (κ3) is 3.84. The molecular formula is C15H6Cl2F6O. The quantitative estimate of drug-likeness (QED) is 0.439. The summed E-state index contributed by atoms with van der Waals surface area (Å²) in [5, 5.41) is -1.24. The van der Waals surface area contributed by atoms with Crippen LogP contribution in [0.4, 0.5) is 26.3 Å². The first-order valence-corrected chi connectivity index (χ1v) is 6.95. The molecule has 0 N–H and O–H groups in total. The fraction of sp³-hybridized carbons (Fsp3) is 0.133. The van der Waals surface area contributed by atoms with Crippen molar-refractivity contribution in [1.82, 2.24) is 0 Å². The standard InChI is InChI=1S/C15H6Cl2F6O/c16-11-3-1-7(5-9(11)14(18,19)20)13(24)8-2-4-12(17)10(6-8)15(21,22)23/h1-6H. The summed E-state index contributed by atoms with van der Waals surface area (Å²) < 4.78 is 76.8. The summed E-state index contributed by atoms with van der Waals surface area (Å²) in [7, 11) is 0. The van der Waals surface area contributed by atoms with Crippen molar-refractivity contribution in [2.75, 3.05) is 0 Å². The lowest BCUT2D eigenvalue weighted by Crippen LogP contribution is -2.11. The number of hydrogen-bond donors (Lipinski definition) is 0. The third-order valence-corrected chi connectivity index (χ3v) is 3.73. The van der Waals surface area contributed by atoms with Crippen molar-refractivity contribution in [2.45, 2.75) is 12.4 Å². The topological polar surface area (TPSA) is 17.1 Å². The summed E-state index contributed by atoms with van der Waals surface area (Å²) in [4.78, 5) is 12.2. The second kappa shape index (κ2) is 6.29. The molecule has 1 nitrogen and oxygen atoms in total. The van der Waals surface area contributed by atoms with Crippen molar-refractivity contribution < 1.29 is 31.1 Å². The summed E-state index contributed by atoms with van der Waals surface area (Å²) in [6, 6.07) is 4.71. The van der Waals surface area contributed by atoms with Crippen molar-refractivity contribution in [1.29, 1.82) is 0 Å². The Morgan fingerprint density at radius 2 is 1.04 bits per heavy atom. The molecule has 0 saturated heterocycles. The Morgan fingerprint density at radius 3 is 1.33 bits per heavy atom. The van der Waals surface area contributed by atoms with E-state index in [2.05, 4.69) is 0 Å². The minimum absolute atomic E-state index is 0.442. The van der Waals surface area contributed by atoms with Crippen LogP contribution < -0.4 is 0 Å². The second-order valence-corrected chi connectivity index (χ2v) is 5.53. The van der Waals surface area contributed by atoms with Gasteiger partial charge in [-0.2, -0.15) is 26.3 Å². The van der Waals surface area contributed by atoms with Crippen LogP contribution in [0.2, 0.25) is 10.0 Å². The zero-order chi connectivity index (χ0) is 18.3. The fourth-order valence-electron chi connectivity index (χ4n) is 1.93. The lowest BCUT2D eigenvalue weighted by Gasteiger charge is -2.12. The predicted octanol–water partition coefficient (Wildman–Crippen LogP) is 6.26. The Balaban J connectivity index is 2.51. The van der Waals surface area contributed by atoms with E-state index in [0.717, 1.165) is 24.3 Å². The zero-order valence-corrected chi connectivity index (χ0v) is 12.9. The summed E-state index contributed by atoms with van der Waals surface area (Å²) >= 11 is 10.9. The van der Waals surface area contributed by atoms with Crippen LogP contribution in [0.15, 0.2) is 36.4 Å². The molecule has 2 rings (SSSR count). The molecule has 2 aromatic carbocycles. The number of carbonyl (C=O) groups is 1. The van der Waals surface area contributed by atoms with Crippen molar-refractivity contribution in [3.8, 4) is 0 Å². The van der Waals surface area contributed by atoms with Crippen LogP contribution in [0.1, 0.15) is 27.0 Å². The highest BCUT2D eigenvalue weighted by Crippen LogP contribution is 2.37. The van der Waals surface area contributed by atoms with Gasteiger partial charge in [0, 0.05) is 11.1 Å². The molecule has 24 heavy (non-hydrogen) atoms. The third-order valence-electron chi connectivity index (χ3n) is 3.07. The molecule has 0 bridgehead atoms. The van der Waals surface area contributed by atoms with Gasteiger partial charge in [-0.05, 0) is 36.4 Å². The number of ketones is 1. The molecule has 0 aliphatic carbocycles. The Bertz CT molecular complexity index is 730. The van der Waals surface area contributed by atoms with Crippen LogP contribution >= 0.6 is 23.2 Å². The van der Waals surface area contributed by atoms with Crippen LogP contribution in [0.3, 0.4) is 0 Å². The first-order valence-electron chi connectivity index (χ1n) is 6.19. The number of halogens is 8. The number of carbonyl (C=O) groups excluding carboxylic acids is 1. The number of alkyl halides is 6. The Morgan fingerprint density at radius 1 is 0.708 bits per heavy atom. The first-order chi connectivity index (χ1) is 10.9. The number of hydrogen-bond acceptors (Lipinski definition) is 1. The molecule has 0 fully saturated rings. The largest absolute Gasteiger partial charge is 0.417 e. The van der Waals surface area contributed by atoms with Crippen LogP contribution in [-0.2, 0) is 12.4 Å². The molecule has 0 spiro atoms. The van der Waals surface area contributed by atoms with Crippen LogP contribution in [0.25, 0.3) is 0 Å². The van der Waals surface area contributed by atoms with E-state index in [-0.39, 0.29) is 0 Å². The average molecular weight is 387 g/mol. The lowest BCUT2D eigenvalue weighted by atomic mass is 9.99. The minimum Gasteiger partial charge on any atom is -0.289 e. The maximum absolute atomic E-state index is 12.8. The SMILES string of the molecule is O=C(c1ccc(Cl)c(C(F)(F)F)c1)c1ccc(Cl)c(C(F)(F)F)c1. The van der Waals surface area contributed by atoms with E-state index in [0.29, 0.717) is 12.1 Å². The number of rotatable bonds is 2. The van der Waals surface area contributed by atoms with Crippen molar-refractivity contribution >= 4 is 29.0 Å². The molecule has 0 aromatic heterocycles. The molecule has 0 unspecified atom stereocenters. The van der Waals surface area contributed by atoms with Crippen molar-refractivity contribution in [2.24, 2.45) is 0 Å². The van der Waals surface area contributed by atoms with Gasteiger partial charge in [0.05, 0.1) is 21.2 Å². The van der Waals surface area contributed by atoms with Gasteiger partial charge in [-0.15, -0.1) is 0 Å². The van der Waals surface area contributed by atoms with Gasteiger partial charge in [-0.1, -0.05) is 23.2 Å². The van der Waals surface area contributed by atoms with Gasteiger partial charge in [0.1, 0.15) is 0 Å². The van der Waals surface area contributed by atoms with Crippen molar-refractivity contribution in [3.63, 3.8) is 0 Å². The molecule has 9 heteroatoms. The monoisotopic (exact) mass is 386 g/mol. The van der Waals surface area contributed by atoms with Gasteiger partial charge >= 0.3 is 12.4 Å². The Labute approximate surface area is 141 Å². The Kier molecular flexibility index (Phi) is 4.88. The van der Waals surface area contributed by atoms with E-state index < -0.39 is 50.4 Å². The van der Waals surface area contributed by atoms with Gasteiger partial charge in [0.15, 0.2) is 5.78 Å². The summed E-state index contributed by atoms with van der Waals surface area (Å²) in [6.45, 7) is 0. The van der Waals surface area contributed by atoms with Crippen LogP contribution in [-0.4, -0.2) is 5.78 Å². The summed E-state index contributed by atoms with van der Waals surface area (Å²) in [5.41, 5.74) is -3.38. The molecule has 0 radical (unpaired) electrons. The first kappa shape index (κ1) is 18.6. The van der Waals surface area contributed by atoms with Gasteiger partial charge < -0.3 is 0 Å². The zero-order valence-electron chi connectivity index (χ0n) is 11.4. The molecule has 2 aromatic rings. The highest BCUT2D eigenvalue weighted by Gasteiger charge is 2.35. The second-order valence-electron chi connectivity index (χ2n) is 4.71. The highest BCUT2D eigenvalue weighted by molar-refractivity contribution is 6.32. The van der Waals surface area contributed by atoms with E-state index >= 15 is 0 Å². The summed E-state index contributed by atoms with van der Waals surface area (Å²) in [5.74, 6) is -1.01. The Hall–Kier alpha value is -1.73. The van der Waals surface area contributed by atoms with Gasteiger partial charge in [-0.3, -0.25) is 4.79 Å². The molecule has 0 heterocycles. The van der Waals surface area contributed by atoms with Gasteiger partial charge in [0.2, 0.25) is 0 Å². The van der Waals surface area contributed by atoms with Crippen LogP contribution in [0.5, 0.6) is 0 Å². The predicted molar refractivity (Wildman–Crippen MR) is 76.3 cm³/mol. The lowest BCUT2D eigenvalue weighted by molar-refractivity contribution is -0.138. The molecule has 0 saturated carbocycles. The van der Waals surface area contributed by atoms with E-state index in [9.17, 15) is 31.1 Å². The van der Waals surface area contributed by atoms with Gasteiger partial charge in [-0.25, -0.2) is 0 Å². The average Bonchev–Trinajstić information content (AvgIpc) is 2.45. The van der Waals surface area contributed by atoms with E-state index in [4.69, 9.17) is 23.2 Å². The molecular weight excluding hydrogens is 381 g/mol. The highest BCUT2D eigenvalue weighted by atomic mass is 35.5. The van der Waals surface area contributed by atoms with E-state index in [1.165, 1.54) is 0 Å². The molecule has 0 aliphatic heterocycles. The maximum atomic E-state index is 12.8. The number of benzene rings is 2. The fourth-order valence-corrected chi connectivity index (χ4v) is 2.38. The maximum Gasteiger partial charge on any atom is 0.417 e. The smallest absolute Gasteiger partial charge is 0.289 e.